The van der Waals surface area contributed by atoms with E-state index in [1.165, 1.54) is 29.8 Å². The third kappa shape index (κ3) is 10.9. The fraction of sp³-hybridized carbons (Fsp3) is 0.450. The van der Waals surface area contributed by atoms with Gasteiger partial charge in [0.05, 0.1) is 37.3 Å². The van der Waals surface area contributed by atoms with Crippen molar-refractivity contribution >= 4 is 23.6 Å². The zero-order chi connectivity index (χ0) is 36.4. The van der Waals surface area contributed by atoms with Crippen LogP contribution in [0.4, 0.5) is 4.39 Å². The molecule has 0 spiro atoms. The minimum Gasteiger partial charge on any atom is -0.377 e. The Labute approximate surface area is 299 Å². The smallest absolute Gasteiger partial charge is 0.251 e. The summed E-state index contributed by atoms with van der Waals surface area (Å²) in [7, 11) is 0. The third-order valence-corrected chi connectivity index (χ3v) is 9.34. The highest BCUT2D eigenvalue weighted by atomic mass is 19.1. The zero-order valence-electron chi connectivity index (χ0n) is 29.7. The Bertz CT molecular complexity index is 1660. The number of benzene rings is 3. The van der Waals surface area contributed by atoms with Gasteiger partial charge in [-0.1, -0.05) is 75.4 Å². The van der Waals surface area contributed by atoms with Crippen LogP contribution in [0.25, 0.3) is 0 Å². The van der Waals surface area contributed by atoms with E-state index in [1.54, 1.807) is 0 Å². The van der Waals surface area contributed by atoms with Crippen molar-refractivity contribution in [2.24, 2.45) is 5.41 Å². The molecule has 1 aliphatic carbocycles. The van der Waals surface area contributed by atoms with Crippen molar-refractivity contribution in [2.45, 2.75) is 83.0 Å². The first kappa shape index (κ1) is 37.6. The summed E-state index contributed by atoms with van der Waals surface area (Å²) in [6.07, 6.45) is 3.40. The summed E-state index contributed by atoms with van der Waals surface area (Å²) in [6, 6.07) is 21.0. The van der Waals surface area contributed by atoms with Gasteiger partial charge in [-0.15, -0.1) is 0 Å². The van der Waals surface area contributed by atoms with Gasteiger partial charge in [-0.05, 0) is 78.5 Å². The number of halogens is 1. The van der Waals surface area contributed by atoms with Gasteiger partial charge in [0.1, 0.15) is 11.9 Å². The molecule has 1 heterocycles. The van der Waals surface area contributed by atoms with Crippen LogP contribution in [-0.2, 0) is 32.0 Å². The van der Waals surface area contributed by atoms with Crippen LogP contribution >= 0.6 is 0 Å². The van der Waals surface area contributed by atoms with Crippen LogP contribution in [0, 0.1) is 11.2 Å². The van der Waals surface area contributed by atoms with Crippen LogP contribution in [0.1, 0.15) is 79.5 Å². The number of hydrogen-bond acceptors (Lipinski definition) is 6. The largest absolute Gasteiger partial charge is 0.377 e. The van der Waals surface area contributed by atoms with Crippen molar-refractivity contribution < 1.29 is 28.3 Å². The molecule has 4 amide bonds. The van der Waals surface area contributed by atoms with Crippen LogP contribution in [0.2, 0.25) is 0 Å². The van der Waals surface area contributed by atoms with Crippen molar-refractivity contribution in [1.82, 2.24) is 26.6 Å². The van der Waals surface area contributed by atoms with Gasteiger partial charge in [-0.3, -0.25) is 24.5 Å². The average molecular weight is 700 g/mol. The summed E-state index contributed by atoms with van der Waals surface area (Å²) in [5.74, 6) is -1.98. The van der Waals surface area contributed by atoms with Crippen LogP contribution in [0.3, 0.4) is 0 Å². The molecule has 10 nitrogen and oxygen atoms in total. The lowest BCUT2D eigenvalue weighted by molar-refractivity contribution is -0.135. The molecule has 3 aromatic carbocycles. The molecule has 1 aliphatic heterocycles. The quantitative estimate of drug-likeness (QED) is 0.162. The lowest BCUT2D eigenvalue weighted by atomic mass is 9.87. The van der Waals surface area contributed by atoms with E-state index in [1.807, 2.05) is 69.3 Å². The summed E-state index contributed by atoms with van der Waals surface area (Å²) in [5.41, 5.74) is 2.60. The van der Waals surface area contributed by atoms with Gasteiger partial charge in [0.25, 0.3) is 5.91 Å². The number of aryl methyl sites for hydroxylation is 2. The number of rotatable bonds is 15. The van der Waals surface area contributed by atoms with Gasteiger partial charge in [-0.2, -0.15) is 0 Å². The molecular formula is C40H50FN5O5. The molecule has 2 aliphatic rings. The first-order valence-corrected chi connectivity index (χ1v) is 17.8. The van der Waals surface area contributed by atoms with Gasteiger partial charge in [-0.25, -0.2) is 4.39 Å². The standard InChI is InChI=1S/C40H50FN5O5/c1-39(2,3)23-42-35(47)22-34(46-40(25-51-26-40)24-43-36(48)29-17-19-30(41)20-18-29)38(50)45-33(21-16-27-10-5-4-6-11-27)37(49)44-32-15-9-13-28-12-7-8-14-31(28)32/h4-8,10-12,14,17-20,32-34,46H,9,13,15-16,21-26H2,1-3H3,(H,42,47)(H,43,48)(H,44,49)(H,45,50)/t32-,33?,34?/m1/s1. The van der Waals surface area contributed by atoms with Crippen LogP contribution in [0.5, 0.6) is 0 Å². The number of carbonyl (C=O) groups is 4. The first-order chi connectivity index (χ1) is 24.4. The van der Waals surface area contributed by atoms with Crippen molar-refractivity contribution in [3.8, 4) is 0 Å². The maximum atomic E-state index is 14.2. The molecule has 3 aromatic rings. The lowest BCUT2D eigenvalue weighted by Gasteiger charge is -2.44. The van der Waals surface area contributed by atoms with E-state index in [2.05, 4.69) is 32.7 Å². The first-order valence-electron chi connectivity index (χ1n) is 17.8. The summed E-state index contributed by atoms with van der Waals surface area (Å²) in [6.45, 7) is 6.87. The Kier molecular flexibility index (Phi) is 12.6. The van der Waals surface area contributed by atoms with Crippen molar-refractivity contribution in [3.05, 3.63) is 107 Å². The number of hydrogen-bond donors (Lipinski definition) is 5. The average Bonchev–Trinajstić information content (AvgIpc) is 3.10. The molecule has 5 rings (SSSR count). The Balaban J connectivity index is 1.33. The van der Waals surface area contributed by atoms with E-state index in [0.717, 1.165) is 30.4 Å². The summed E-state index contributed by atoms with van der Waals surface area (Å²) in [4.78, 5) is 54.3. The van der Waals surface area contributed by atoms with E-state index < -0.39 is 35.3 Å². The number of carbonyl (C=O) groups excluding carboxylic acids is 4. The highest BCUT2D eigenvalue weighted by Crippen LogP contribution is 2.29. The molecule has 5 N–H and O–H groups in total. The molecular weight excluding hydrogens is 649 g/mol. The van der Waals surface area contributed by atoms with Gasteiger partial charge < -0.3 is 26.0 Å². The monoisotopic (exact) mass is 699 g/mol. The van der Waals surface area contributed by atoms with Crippen LogP contribution in [-0.4, -0.2) is 67.6 Å². The number of nitrogens with one attached hydrogen (secondary N) is 5. The minimum absolute atomic E-state index is 0.0929. The van der Waals surface area contributed by atoms with E-state index >= 15 is 0 Å². The molecule has 3 atom stereocenters. The van der Waals surface area contributed by atoms with Gasteiger partial charge >= 0.3 is 0 Å². The Morgan fingerprint density at radius 1 is 0.882 bits per heavy atom. The fourth-order valence-electron chi connectivity index (χ4n) is 6.41. The SMILES string of the molecule is CC(C)(C)CNC(=O)CC(NC1(CNC(=O)c2ccc(F)cc2)COC1)C(=O)NC(CCc1ccccc1)C(=O)N[C@@H]1CCCc2ccccc21. The van der Waals surface area contributed by atoms with E-state index in [-0.39, 0.29) is 55.0 Å². The summed E-state index contributed by atoms with van der Waals surface area (Å²) >= 11 is 0. The Hall–Kier alpha value is -4.61. The Morgan fingerprint density at radius 3 is 2.27 bits per heavy atom. The normalized spacial score (nSPS) is 17.5. The van der Waals surface area contributed by atoms with Gasteiger partial charge in [0.15, 0.2) is 0 Å². The second-order valence-electron chi connectivity index (χ2n) is 14.9. The van der Waals surface area contributed by atoms with Crippen LogP contribution in [0.15, 0.2) is 78.9 Å². The zero-order valence-corrected chi connectivity index (χ0v) is 29.7. The van der Waals surface area contributed by atoms with E-state index in [4.69, 9.17) is 4.74 Å². The molecule has 272 valence electrons. The molecule has 2 unspecified atom stereocenters. The minimum atomic E-state index is -1.04. The Morgan fingerprint density at radius 2 is 1.59 bits per heavy atom. The van der Waals surface area contributed by atoms with E-state index in [0.29, 0.717) is 19.4 Å². The maximum absolute atomic E-state index is 14.2. The molecule has 0 radical (unpaired) electrons. The lowest BCUT2D eigenvalue weighted by Crippen LogP contribution is -2.70. The molecule has 0 saturated carbocycles. The predicted octanol–water partition coefficient (Wildman–Crippen LogP) is 4.15. The summed E-state index contributed by atoms with van der Waals surface area (Å²) in [5, 5.41) is 15.3. The molecule has 1 fully saturated rings. The number of amides is 4. The molecule has 0 aromatic heterocycles. The molecule has 11 heteroatoms. The van der Waals surface area contributed by atoms with Crippen molar-refractivity contribution in [2.75, 3.05) is 26.3 Å². The molecule has 0 bridgehead atoms. The third-order valence-electron chi connectivity index (χ3n) is 9.34. The number of ether oxygens (including phenoxy) is 1. The van der Waals surface area contributed by atoms with Gasteiger partial charge in [0.2, 0.25) is 17.7 Å². The maximum Gasteiger partial charge on any atom is 0.251 e. The second kappa shape index (κ2) is 17.1. The second-order valence-corrected chi connectivity index (χ2v) is 14.9. The highest BCUT2D eigenvalue weighted by molar-refractivity contribution is 5.94. The topological polar surface area (TPSA) is 138 Å². The van der Waals surface area contributed by atoms with Gasteiger partial charge in [0, 0.05) is 18.7 Å². The molecule has 1 saturated heterocycles. The summed E-state index contributed by atoms with van der Waals surface area (Å²) < 4.78 is 19.0. The predicted molar refractivity (Wildman–Crippen MR) is 193 cm³/mol. The van der Waals surface area contributed by atoms with Crippen molar-refractivity contribution in [1.29, 1.82) is 0 Å². The molecule has 51 heavy (non-hydrogen) atoms. The fourth-order valence-corrected chi connectivity index (χ4v) is 6.41. The number of fused-ring (bicyclic) bond motifs is 1. The van der Waals surface area contributed by atoms with E-state index in [9.17, 15) is 23.6 Å². The van der Waals surface area contributed by atoms with Crippen molar-refractivity contribution in [3.63, 3.8) is 0 Å². The highest BCUT2D eigenvalue weighted by Gasteiger charge is 2.43. The van der Waals surface area contributed by atoms with Crippen LogP contribution < -0.4 is 26.6 Å².